The standard InChI is InChI=1S/C16H21N5O3/c1-11-20-14(10-24-11)16(22)21-3-4-23-9-12(8-21)5-13-6-19-15(17-2)7-18-13/h6-7,10,12H,3-5,8-9H2,1-2H3,(H,17,19)/t12-/m0/s1. The zero-order valence-corrected chi connectivity index (χ0v) is 13.9. The third kappa shape index (κ3) is 3.88. The summed E-state index contributed by atoms with van der Waals surface area (Å²) in [6.07, 6.45) is 5.57. The topological polar surface area (TPSA) is 93.4 Å². The summed E-state index contributed by atoms with van der Waals surface area (Å²) in [5.41, 5.74) is 1.22. The van der Waals surface area contributed by atoms with E-state index in [0.29, 0.717) is 44.3 Å². The van der Waals surface area contributed by atoms with Gasteiger partial charge >= 0.3 is 0 Å². The van der Waals surface area contributed by atoms with Crippen molar-refractivity contribution in [2.24, 2.45) is 5.92 Å². The molecule has 3 heterocycles. The predicted octanol–water partition coefficient (Wildman–Crippen LogP) is 1.15. The Morgan fingerprint density at radius 3 is 2.96 bits per heavy atom. The van der Waals surface area contributed by atoms with Gasteiger partial charge in [0, 0.05) is 33.0 Å². The maximum atomic E-state index is 12.6. The zero-order valence-electron chi connectivity index (χ0n) is 13.9. The summed E-state index contributed by atoms with van der Waals surface area (Å²) < 4.78 is 10.8. The highest BCUT2D eigenvalue weighted by Gasteiger charge is 2.25. The molecule has 0 radical (unpaired) electrons. The second-order valence-corrected chi connectivity index (χ2v) is 5.79. The van der Waals surface area contributed by atoms with Crippen LogP contribution in [0.4, 0.5) is 5.82 Å². The van der Waals surface area contributed by atoms with Crippen molar-refractivity contribution in [1.82, 2.24) is 19.9 Å². The van der Waals surface area contributed by atoms with E-state index in [1.54, 1.807) is 31.3 Å². The lowest BCUT2D eigenvalue weighted by atomic mass is 10.0. The quantitative estimate of drug-likeness (QED) is 0.898. The second kappa shape index (κ2) is 7.39. The Labute approximate surface area is 140 Å². The van der Waals surface area contributed by atoms with Crippen molar-refractivity contribution in [2.75, 3.05) is 38.7 Å². The fourth-order valence-corrected chi connectivity index (χ4v) is 2.70. The summed E-state index contributed by atoms with van der Waals surface area (Å²) in [5.74, 6) is 1.26. The highest BCUT2D eigenvalue weighted by Crippen LogP contribution is 2.15. The molecule has 1 fully saturated rings. The molecule has 0 spiro atoms. The van der Waals surface area contributed by atoms with Gasteiger partial charge < -0.3 is 19.4 Å². The summed E-state index contributed by atoms with van der Waals surface area (Å²) in [7, 11) is 1.80. The van der Waals surface area contributed by atoms with Crippen molar-refractivity contribution in [2.45, 2.75) is 13.3 Å². The summed E-state index contributed by atoms with van der Waals surface area (Å²) in [6, 6.07) is 0. The van der Waals surface area contributed by atoms with Crippen LogP contribution in [0.1, 0.15) is 22.1 Å². The van der Waals surface area contributed by atoms with Gasteiger partial charge in [0.1, 0.15) is 12.1 Å². The molecule has 2 aromatic heterocycles. The molecule has 8 heteroatoms. The first-order chi connectivity index (χ1) is 11.7. The van der Waals surface area contributed by atoms with Crippen molar-refractivity contribution in [3.05, 3.63) is 35.9 Å². The maximum absolute atomic E-state index is 12.6. The molecule has 0 aromatic carbocycles. The molecule has 128 valence electrons. The molecule has 8 nitrogen and oxygen atoms in total. The van der Waals surface area contributed by atoms with E-state index >= 15 is 0 Å². The highest BCUT2D eigenvalue weighted by atomic mass is 16.5. The largest absolute Gasteiger partial charge is 0.448 e. The molecule has 0 bridgehead atoms. The molecule has 1 saturated heterocycles. The van der Waals surface area contributed by atoms with E-state index < -0.39 is 0 Å². The summed E-state index contributed by atoms with van der Waals surface area (Å²) in [4.78, 5) is 27.1. The van der Waals surface area contributed by atoms with Gasteiger partial charge in [0.25, 0.3) is 5.91 Å². The van der Waals surface area contributed by atoms with Crippen LogP contribution in [0.25, 0.3) is 0 Å². The van der Waals surface area contributed by atoms with E-state index in [0.717, 1.165) is 11.5 Å². The van der Waals surface area contributed by atoms with Gasteiger partial charge in [-0.05, 0) is 6.42 Å². The molecule has 1 amide bonds. The first-order valence-corrected chi connectivity index (χ1v) is 7.93. The number of oxazole rings is 1. The zero-order chi connectivity index (χ0) is 16.9. The van der Waals surface area contributed by atoms with Gasteiger partial charge in [-0.25, -0.2) is 9.97 Å². The third-order valence-corrected chi connectivity index (χ3v) is 3.92. The lowest BCUT2D eigenvalue weighted by Crippen LogP contribution is -2.36. The van der Waals surface area contributed by atoms with Gasteiger partial charge in [0.05, 0.1) is 31.3 Å². The van der Waals surface area contributed by atoms with Crippen LogP contribution < -0.4 is 5.32 Å². The Hall–Kier alpha value is -2.48. The number of rotatable bonds is 4. The Morgan fingerprint density at radius 1 is 1.42 bits per heavy atom. The van der Waals surface area contributed by atoms with Crippen LogP contribution in [-0.2, 0) is 11.2 Å². The molecular formula is C16H21N5O3. The molecule has 1 atom stereocenters. The number of carbonyl (C=O) groups excluding carboxylic acids is 1. The number of carbonyl (C=O) groups is 1. The average Bonchev–Trinajstić information content (AvgIpc) is 2.90. The number of anilines is 1. The van der Waals surface area contributed by atoms with Crippen LogP contribution in [0.5, 0.6) is 0 Å². The SMILES string of the molecule is CNc1cnc(C[C@@H]2COCCN(C(=O)c3coc(C)n3)C2)cn1. The van der Waals surface area contributed by atoms with Gasteiger partial charge in [0.2, 0.25) is 0 Å². The highest BCUT2D eigenvalue weighted by molar-refractivity contribution is 5.92. The predicted molar refractivity (Wildman–Crippen MR) is 86.7 cm³/mol. The minimum absolute atomic E-state index is 0.126. The number of aryl methyl sites for hydroxylation is 1. The minimum Gasteiger partial charge on any atom is -0.448 e. The number of amides is 1. The van der Waals surface area contributed by atoms with Gasteiger partial charge in [-0.1, -0.05) is 0 Å². The lowest BCUT2D eigenvalue weighted by molar-refractivity contribution is 0.0731. The number of ether oxygens (including phenoxy) is 1. The Kier molecular flexibility index (Phi) is 5.05. The Balaban J connectivity index is 1.66. The van der Waals surface area contributed by atoms with Gasteiger partial charge in [0.15, 0.2) is 11.6 Å². The summed E-state index contributed by atoms with van der Waals surface area (Å²) >= 11 is 0. The number of aromatic nitrogens is 3. The molecule has 1 aliphatic rings. The van der Waals surface area contributed by atoms with E-state index in [1.807, 2.05) is 0 Å². The molecule has 0 unspecified atom stereocenters. The van der Waals surface area contributed by atoms with Crippen LogP contribution in [0.3, 0.4) is 0 Å². The molecule has 1 N–H and O–H groups in total. The molecule has 3 rings (SSSR count). The summed E-state index contributed by atoms with van der Waals surface area (Å²) in [5, 5.41) is 2.94. The van der Waals surface area contributed by atoms with Crippen LogP contribution in [0.15, 0.2) is 23.1 Å². The van der Waals surface area contributed by atoms with E-state index in [2.05, 4.69) is 20.3 Å². The lowest BCUT2D eigenvalue weighted by Gasteiger charge is -2.22. The maximum Gasteiger partial charge on any atom is 0.275 e. The number of hydrogen-bond acceptors (Lipinski definition) is 7. The first-order valence-electron chi connectivity index (χ1n) is 7.93. The Morgan fingerprint density at radius 2 is 2.29 bits per heavy atom. The monoisotopic (exact) mass is 331 g/mol. The smallest absolute Gasteiger partial charge is 0.275 e. The van der Waals surface area contributed by atoms with E-state index in [1.165, 1.54) is 6.26 Å². The number of nitrogens with zero attached hydrogens (tertiary/aromatic N) is 4. The third-order valence-electron chi connectivity index (χ3n) is 3.92. The minimum atomic E-state index is -0.126. The van der Waals surface area contributed by atoms with E-state index in [4.69, 9.17) is 9.15 Å². The van der Waals surface area contributed by atoms with Crippen LogP contribution in [0.2, 0.25) is 0 Å². The van der Waals surface area contributed by atoms with Crippen molar-refractivity contribution in [3.8, 4) is 0 Å². The molecular weight excluding hydrogens is 310 g/mol. The molecule has 24 heavy (non-hydrogen) atoms. The van der Waals surface area contributed by atoms with Crippen molar-refractivity contribution >= 4 is 11.7 Å². The molecule has 0 aliphatic carbocycles. The van der Waals surface area contributed by atoms with Gasteiger partial charge in [-0.2, -0.15) is 0 Å². The summed E-state index contributed by atoms with van der Waals surface area (Å²) in [6.45, 7) is 3.98. The van der Waals surface area contributed by atoms with E-state index in [-0.39, 0.29) is 11.8 Å². The second-order valence-electron chi connectivity index (χ2n) is 5.79. The Bertz CT molecular complexity index is 685. The van der Waals surface area contributed by atoms with Crippen molar-refractivity contribution < 1.29 is 13.9 Å². The number of hydrogen-bond donors (Lipinski definition) is 1. The van der Waals surface area contributed by atoms with Crippen LogP contribution >= 0.6 is 0 Å². The van der Waals surface area contributed by atoms with Crippen LogP contribution in [-0.4, -0.2) is 59.1 Å². The molecule has 0 saturated carbocycles. The van der Waals surface area contributed by atoms with Crippen molar-refractivity contribution in [3.63, 3.8) is 0 Å². The number of nitrogens with one attached hydrogen (secondary N) is 1. The van der Waals surface area contributed by atoms with Crippen molar-refractivity contribution in [1.29, 1.82) is 0 Å². The van der Waals surface area contributed by atoms with Gasteiger partial charge in [-0.15, -0.1) is 0 Å². The first kappa shape index (κ1) is 16.4. The molecule has 1 aliphatic heterocycles. The average molecular weight is 331 g/mol. The fraction of sp³-hybridized carbons (Fsp3) is 0.500. The van der Waals surface area contributed by atoms with E-state index in [9.17, 15) is 4.79 Å². The van der Waals surface area contributed by atoms with Gasteiger partial charge in [-0.3, -0.25) is 9.78 Å². The molecule has 2 aromatic rings. The van der Waals surface area contributed by atoms with Crippen LogP contribution in [0, 0.1) is 12.8 Å². The normalized spacial score (nSPS) is 18.2. The fourth-order valence-electron chi connectivity index (χ4n) is 2.70.